The molecule has 42 nitrogen and oxygen atoms in total. The molecule has 0 amide bonds. The van der Waals surface area contributed by atoms with Gasteiger partial charge in [0.15, 0.2) is 22.3 Å². The fourth-order valence-electron chi connectivity index (χ4n) is 12.8. The largest absolute Gasteiger partial charge is 0.383 e. The molecule has 7 aromatic rings. The van der Waals surface area contributed by atoms with Gasteiger partial charge in [-0.05, 0) is 111 Å². The Hall–Kier alpha value is -4.43. The van der Waals surface area contributed by atoms with E-state index in [0.717, 1.165) is 9.13 Å². The summed E-state index contributed by atoms with van der Waals surface area (Å²) in [6, 6.07) is 1.48. The number of aromatic amines is 4. The topological polar surface area (TPSA) is 549 Å². The zero-order valence-corrected chi connectivity index (χ0v) is 68.4. The molecular formula is C55H76N17O25P5S7. The Balaban J connectivity index is 0.758. The number of aryl methyl sites for hydroxylation is 2. The van der Waals surface area contributed by atoms with Gasteiger partial charge in [-0.25, -0.2) is 24.4 Å². The van der Waals surface area contributed by atoms with E-state index in [9.17, 15) is 48.2 Å². The van der Waals surface area contributed by atoms with Crippen LogP contribution in [0.25, 0.3) is 22.3 Å². The number of thiol groups is 2. The number of nitrogen functional groups attached to an aromatic ring is 3. The summed E-state index contributed by atoms with van der Waals surface area (Å²) in [6.45, 7) is -5.05. The summed E-state index contributed by atoms with van der Waals surface area (Å²) in [5.41, 5.74) is 5.28. The molecular weight excluding hydrogens is 1680 g/mol. The van der Waals surface area contributed by atoms with Crippen LogP contribution in [0.3, 0.4) is 0 Å². The monoisotopic (exact) mass is 1750 g/mol. The standard InChI is InChI=1S/C55H76N17O25P5S7/c1-23(2)27-9-38(68-8-7-37(56)61-53(68)77)88-32(27)16-86-101(106,107)96-30-12-39(69-14-25(5)47(73)66-54(69)78)89-34(30)18-85-100(82,105)95-29-11-42(72-22-60-44-46(72)63-52(58)65-50(44)76)92-36(29)20-87-102(108,109)97-31-13-40(70-15-26(6)48(74)67-55(70)79)90-35(31)19-84-99(81,104)94-28-10-41(91-33(28)17-83-98(80,103)93-24(3)4)71-21-59-43-45(71)62-51(57)64-49(43)75/h7-8,14-15,21-24,27-36,38-42H,9-13,16-20H2,1-6H3,(H,80,103)(H,81,104)(H,82,105)(H,106,107)(H,108,109)(H2,56,61,77)(H,66,73,78)(H,67,74,79)(H3,57,62,64,75)(H3,58,63,65,76)/t27-,28+,29+,30+,31+,32+,33+,34+,35+,36+,38+,39+,40+,41+,42+,98?,99?,100?/m0/s1. The minimum Gasteiger partial charge on any atom is -0.383 e. The van der Waals surface area contributed by atoms with E-state index in [1.165, 1.54) is 64.9 Å². The Morgan fingerprint density at radius 3 is 1.28 bits per heavy atom. The third-order valence-electron chi connectivity index (χ3n) is 17.9. The normalized spacial score (nSPS) is 28.8. The predicted octanol–water partition coefficient (Wildman–Crippen LogP) is 2.69. The van der Waals surface area contributed by atoms with Gasteiger partial charge in [0, 0.05) is 55.4 Å². The van der Waals surface area contributed by atoms with Crippen molar-refractivity contribution in [3.05, 3.63) is 121 Å². The molecule has 20 atom stereocenters. The fraction of sp³-hybridized carbons (Fsp3) is 0.600. The zero-order chi connectivity index (χ0) is 78.7. The number of imidazole rings is 2. The molecule has 0 spiro atoms. The van der Waals surface area contributed by atoms with Crippen molar-refractivity contribution in [1.82, 2.24) is 67.7 Å². The van der Waals surface area contributed by atoms with Crippen LogP contribution in [-0.2, 0) is 128 Å². The molecule has 13 N–H and O–H groups in total. The van der Waals surface area contributed by atoms with Crippen molar-refractivity contribution in [2.75, 3.05) is 50.2 Å². The van der Waals surface area contributed by atoms with Crippen LogP contribution in [0.15, 0.2) is 70.9 Å². The number of anilines is 3. The molecule has 54 heteroatoms. The first-order valence-corrected chi connectivity index (χ1v) is 48.5. The molecule has 0 radical (unpaired) electrons. The zero-order valence-electron chi connectivity index (χ0n) is 58.0. The second kappa shape index (κ2) is 33.8. The summed E-state index contributed by atoms with van der Waals surface area (Å²) in [6.07, 6.45) is -9.79. The van der Waals surface area contributed by atoms with E-state index in [-0.39, 0.29) is 95.3 Å². The molecule has 0 bridgehead atoms. The Labute approximate surface area is 651 Å². The third-order valence-corrected chi connectivity index (χ3v) is 27.2. The van der Waals surface area contributed by atoms with Crippen LogP contribution in [0.2, 0.25) is 0 Å². The van der Waals surface area contributed by atoms with E-state index in [2.05, 4.69) is 44.9 Å². The first kappa shape index (κ1) is 84.0. The average molecular weight is 1750 g/mol. The van der Waals surface area contributed by atoms with E-state index in [4.69, 9.17) is 170 Å². The summed E-state index contributed by atoms with van der Waals surface area (Å²) in [4.78, 5) is 155. The van der Waals surface area contributed by atoms with E-state index in [1.54, 1.807) is 13.8 Å². The molecule has 7 aromatic heterocycles. The first-order chi connectivity index (χ1) is 51.2. The molecule has 0 saturated carbocycles. The highest BCUT2D eigenvalue weighted by Crippen LogP contribution is 2.60. The number of nitrogens with one attached hydrogen (secondary N) is 4. The van der Waals surface area contributed by atoms with Crippen molar-refractivity contribution in [2.24, 2.45) is 11.8 Å². The molecule has 0 aliphatic carbocycles. The van der Waals surface area contributed by atoms with Gasteiger partial charge in [0.25, 0.3) is 22.2 Å². The van der Waals surface area contributed by atoms with Crippen LogP contribution < -0.4 is 56.5 Å². The molecule has 5 unspecified atom stereocenters. The number of aromatic nitrogens is 14. The SMILES string of the molecule is Cc1cn([C@H]2C[C@@H](OP(=S)(S)OC[C@H]3O[C@@H](n4cnc5c(=O)[nH]c(N)nc54)C[C@H]3OP(O)(=S)OC[C@H]3O[C@@H](n4cc(C)c(=O)[nH]c4=O)C[C@H]3OP(=S)(S)OC[C@H]3O[C@@H](n4ccc(N)nc4=O)C[C@H]3C(C)C)[C@@H](COP(O)(=S)O[C@@H]3C[C@H](n4cnc5c(=O)[nH]c(N)nc54)O[C@@H]3COP(O)(=S)OC(C)C)O2)c(=O)[nH]c1=O. The number of nitrogens with two attached hydrogens (primary N) is 3. The van der Waals surface area contributed by atoms with Gasteiger partial charge in [-0.15, -0.1) is 0 Å². The lowest BCUT2D eigenvalue weighted by Crippen LogP contribution is -2.33. The van der Waals surface area contributed by atoms with Gasteiger partial charge in [-0.2, -0.15) is 15.0 Å². The van der Waals surface area contributed by atoms with E-state index in [0.29, 0.717) is 6.42 Å². The van der Waals surface area contributed by atoms with Gasteiger partial charge >= 0.3 is 37.2 Å². The van der Waals surface area contributed by atoms with Crippen molar-refractivity contribution in [3.63, 3.8) is 0 Å². The fourth-order valence-corrected chi connectivity index (χ4v) is 21.5. The van der Waals surface area contributed by atoms with Gasteiger partial charge in [0.05, 0.1) is 82.3 Å². The van der Waals surface area contributed by atoms with E-state index in [1.807, 2.05) is 13.8 Å². The van der Waals surface area contributed by atoms with Crippen molar-refractivity contribution in [1.29, 1.82) is 0 Å². The number of hydrogen-bond acceptors (Lipinski definition) is 35. The smallest absolute Gasteiger partial charge is 0.351 e. The Bertz CT molecular complexity index is 5280. The number of hydrogen-bond donors (Lipinski definition) is 12. The molecule has 5 saturated heterocycles. The van der Waals surface area contributed by atoms with Crippen LogP contribution in [0.5, 0.6) is 0 Å². The molecule has 109 heavy (non-hydrogen) atoms. The lowest BCUT2D eigenvalue weighted by Gasteiger charge is -2.29. The molecule has 12 heterocycles. The number of ether oxygens (including phenoxy) is 5. The number of H-pyrrole nitrogens is 4. The second-order valence-corrected chi connectivity index (χ2v) is 45.2. The van der Waals surface area contributed by atoms with Crippen LogP contribution in [0.4, 0.5) is 17.7 Å². The van der Waals surface area contributed by atoms with Gasteiger partial charge < -0.3 is 101 Å². The van der Waals surface area contributed by atoms with Crippen molar-refractivity contribution in [3.8, 4) is 0 Å². The second-order valence-electron chi connectivity index (χ2n) is 26.3. The van der Waals surface area contributed by atoms with Gasteiger partial charge in [-0.3, -0.25) is 61.9 Å². The Kier molecular flexibility index (Phi) is 26.0. The summed E-state index contributed by atoms with van der Waals surface area (Å²) in [5.74, 6) is -0.520. The van der Waals surface area contributed by atoms with Gasteiger partial charge in [-0.1, -0.05) is 38.3 Å². The maximum Gasteiger partial charge on any atom is 0.351 e. The number of rotatable bonds is 31. The highest BCUT2D eigenvalue weighted by Gasteiger charge is 2.49. The minimum absolute atomic E-state index is 0.0100. The van der Waals surface area contributed by atoms with Crippen LogP contribution >= 0.6 is 56.0 Å². The maximum atomic E-state index is 13.4. The van der Waals surface area contributed by atoms with Crippen LogP contribution in [-0.4, -0.2) is 176 Å². The summed E-state index contributed by atoms with van der Waals surface area (Å²) < 4.78 is 99.2. The number of fused-ring (bicyclic) bond motifs is 2. The van der Waals surface area contributed by atoms with Crippen molar-refractivity contribution >= 4 is 155 Å². The molecule has 5 aliphatic heterocycles. The highest BCUT2D eigenvalue weighted by atomic mass is 32.9. The maximum absolute atomic E-state index is 13.4. The first-order valence-electron chi connectivity index (χ1n) is 33.2. The Morgan fingerprint density at radius 1 is 0.505 bits per heavy atom. The Morgan fingerprint density at radius 2 is 0.872 bits per heavy atom. The summed E-state index contributed by atoms with van der Waals surface area (Å²) >= 11 is 37.7. The lowest BCUT2D eigenvalue weighted by atomic mass is 9.89. The van der Waals surface area contributed by atoms with Crippen molar-refractivity contribution < 1.29 is 83.6 Å². The van der Waals surface area contributed by atoms with E-state index < -0.39 is 189 Å². The van der Waals surface area contributed by atoms with Gasteiger partial charge in [0.2, 0.25) is 23.3 Å². The molecule has 598 valence electrons. The van der Waals surface area contributed by atoms with Crippen molar-refractivity contribution in [2.45, 2.75) is 166 Å². The van der Waals surface area contributed by atoms with E-state index >= 15 is 0 Å². The number of nitrogens with zero attached hydrogens (tertiary/aromatic N) is 10. The minimum atomic E-state index is -4.52. The van der Waals surface area contributed by atoms with Crippen LogP contribution in [0.1, 0.15) is 102 Å². The molecule has 12 rings (SSSR count). The quantitative estimate of drug-likeness (QED) is 0.0219. The van der Waals surface area contributed by atoms with Gasteiger partial charge in [0.1, 0.15) is 61.4 Å². The predicted molar refractivity (Wildman–Crippen MR) is 413 cm³/mol. The van der Waals surface area contributed by atoms with Crippen LogP contribution in [0, 0.1) is 25.7 Å². The summed E-state index contributed by atoms with van der Waals surface area (Å²) in [5, 5.41) is 0. The highest BCUT2D eigenvalue weighted by molar-refractivity contribution is 8.60. The molecule has 0 aromatic carbocycles. The average Bonchev–Trinajstić information content (AvgIpc) is 1.76. The molecule has 5 aliphatic rings. The molecule has 5 fully saturated rings. The lowest BCUT2D eigenvalue weighted by molar-refractivity contribution is -0.0526. The third kappa shape index (κ3) is 20.3. The summed E-state index contributed by atoms with van der Waals surface area (Å²) in [7, 11) is 0.